The lowest BCUT2D eigenvalue weighted by Crippen LogP contribution is -2.18. The van der Waals surface area contributed by atoms with Gasteiger partial charge in [-0.05, 0) is 134 Å². The van der Waals surface area contributed by atoms with Gasteiger partial charge in [0, 0.05) is 33.2 Å². The summed E-state index contributed by atoms with van der Waals surface area (Å²) in [6.45, 7) is 7.61. The summed E-state index contributed by atoms with van der Waals surface area (Å²) in [4.78, 5) is 2.39. The first-order valence-electron chi connectivity index (χ1n) is 16.1. The molecule has 0 aromatic heterocycles. The van der Waals surface area contributed by atoms with Crippen LogP contribution in [0.1, 0.15) is 49.9 Å². The van der Waals surface area contributed by atoms with Crippen LogP contribution < -0.4 is 10.2 Å². The molecule has 0 spiro atoms. The molecule has 6 aromatic carbocycles. The SMILES string of the molecule is CC1(C)c2ccccc2-c2ccc(N(c3ccc(-c4ccc(P(=O)=S(=S)=S)cc4)cc3)c3ccc4c(c3)C(C)(C)c3ccccc3-4)cc21. The molecule has 0 radical (unpaired) electrons. The Hall–Kier alpha value is -4.12. The standard InChI is InChI=1S/C42H34NOPS3/c1-41(2)37-11-7-5-9-33(37)35-23-19-30(25-39(35)41)43(31-20-24-36-34-10-6-8-12-38(34)42(3,4)40(36)26-31)29-17-13-27(14-18-29)28-15-21-32(22-16-28)45(44)48(46)47/h5-26H,1-4H3. The fourth-order valence-corrected chi connectivity index (χ4v) is 10.8. The quantitative estimate of drug-likeness (QED) is 0.167. The second kappa shape index (κ2) is 11.5. The van der Waals surface area contributed by atoms with Crippen molar-refractivity contribution in [3.8, 4) is 33.4 Å². The lowest BCUT2D eigenvalue weighted by atomic mass is 9.82. The van der Waals surface area contributed by atoms with Crippen molar-refractivity contribution in [2.45, 2.75) is 38.5 Å². The van der Waals surface area contributed by atoms with Crippen LogP contribution in [0.4, 0.5) is 17.1 Å². The highest BCUT2D eigenvalue weighted by molar-refractivity contribution is 8.57. The van der Waals surface area contributed by atoms with Crippen molar-refractivity contribution in [3.05, 3.63) is 156 Å². The molecule has 0 saturated heterocycles. The molecule has 2 nitrogen and oxygen atoms in total. The number of nitrogens with zero attached hydrogens (tertiary/aromatic N) is 1. The lowest BCUT2D eigenvalue weighted by molar-refractivity contribution is 0.602. The lowest BCUT2D eigenvalue weighted by Gasteiger charge is -2.30. The van der Waals surface area contributed by atoms with Gasteiger partial charge >= 0.3 is 0 Å². The number of benzene rings is 6. The summed E-state index contributed by atoms with van der Waals surface area (Å²) in [6, 6.07) is 48.1. The van der Waals surface area contributed by atoms with Crippen molar-refractivity contribution in [2.24, 2.45) is 0 Å². The molecule has 48 heavy (non-hydrogen) atoms. The molecule has 6 heteroatoms. The van der Waals surface area contributed by atoms with E-state index >= 15 is 0 Å². The summed E-state index contributed by atoms with van der Waals surface area (Å²) in [7, 11) is -0.970. The third-order valence-corrected chi connectivity index (χ3v) is 15.2. The molecule has 0 saturated carbocycles. The van der Waals surface area contributed by atoms with E-state index in [-0.39, 0.29) is 10.8 Å². The number of anilines is 3. The molecule has 0 fully saturated rings. The van der Waals surface area contributed by atoms with Crippen LogP contribution in [0.2, 0.25) is 0 Å². The third kappa shape index (κ3) is 4.87. The summed E-state index contributed by atoms with van der Waals surface area (Å²) in [6.07, 6.45) is 0. The van der Waals surface area contributed by atoms with Crippen molar-refractivity contribution < 1.29 is 4.57 Å². The summed E-state index contributed by atoms with van der Waals surface area (Å²) < 4.78 is 12.5. The maximum atomic E-state index is 12.5. The molecule has 0 N–H and O–H groups in total. The molecule has 0 aliphatic heterocycles. The predicted octanol–water partition coefficient (Wildman–Crippen LogP) is 11.3. The number of hydrogen-bond donors (Lipinski definition) is 0. The first kappa shape index (κ1) is 31.2. The van der Waals surface area contributed by atoms with Crippen LogP contribution in [0.3, 0.4) is 0 Å². The Labute approximate surface area is 294 Å². The molecule has 0 bridgehead atoms. The van der Waals surface area contributed by atoms with Gasteiger partial charge in [-0.3, -0.25) is 4.57 Å². The van der Waals surface area contributed by atoms with Crippen LogP contribution >= 0.6 is 6.58 Å². The molecular weight excluding hydrogens is 662 g/mol. The predicted molar refractivity (Wildman–Crippen MR) is 211 cm³/mol. The van der Waals surface area contributed by atoms with Crippen molar-refractivity contribution in [1.82, 2.24) is 0 Å². The maximum absolute atomic E-state index is 12.5. The maximum Gasteiger partial charge on any atom is 0.198 e. The van der Waals surface area contributed by atoms with Crippen LogP contribution in [0.25, 0.3) is 33.4 Å². The summed E-state index contributed by atoms with van der Waals surface area (Å²) in [5.74, 6) is 0. The zero-order valence-corrected chi connectivity index (χ0v) is 30.6. The molecule has 236 valence electrons. The van der Waals surface area contributed by atoms with E-state index in [0.29, 0.717) is 5.30 Å². The van der Waals surface area contributed by atoms with Crippen LogP contribution in [0, 0.1) is 0 Å². The molecular formula is C42H34NOPS3. The van der Waals surface area contributed by atoms with E-state index in [4.69, 9.17) is 22.4 Å². The highest BCUT2D eigenvalue weighted by Crippen LogP contribution is 2.53. The Bertz CT molecular complexity index is 2360. The zero-order chi connectivity index (χ0) is 33.4. The first-order chi connectivity index (χ1) is 23.1. The number of rotatable bonds is 5. The third-order valence-electron chi connectivity index (χ3n) is 10.3. The molecule has 6 aromatic rings. The van der Waals surface area contributed by atoms with Gasteiger partial charge < -0.3 is 4.90 Å². The molecule has 0 heterocycles. The smallest absolute Gasteiger partial charge is 0.198 e. The van der Waals surface area contributed by atoms with E-state index in [1.807, 2.05) is 24.3 Å². The average Bonchev–Trinajstić information content (AvgIpc) is 3.48. The second-order valence-corrected chi connectivity index (χ2v) is 21.4. The number of fused-ring (bicyclic) bond motifs is 6. The highest BCUT2D eigenvalue weighted by atomic mass is 33.2. The van der Waals surface area contributed by atoms with Crippen molar-refractivity contribution in [1.29, 1.82) is 0 Å². The van der Waals surface area contributed by atoms with E-state index in [1.54, 1.807) is 0 Å². The van der Waals surface area contributed by atoms with E-state index < -0.39 is 13.8 Å². The van der Waals surface area contributed by atoms with E-state index in [0.717, 1.165) is 28.2 Å². The molecule has 1 unspecified atom stereocenters. The van der Waals surface area contributed by atoms with Crippen LogP contribution in [0.15, 0.2) is 133 Å². The van der Waals surface area contributed by atoms with E-state index in [9.17, 15) is 4.57 Å². The van der Waals surface area contributed by atoms with Gasteiger partial charge in [-0.25, -0.2) is 0 Å². The second-order valence-electron chi connectivity index (χ2n) is 13.7. The van der Waals surface area contributed by atoms with E-state index in [1.165, 1.54) is 44.5 Å². The summed E-state index contributed by atoms with van der Waals surface area (Å²) in [5, 5.41) is 0.716. The normalized spacial score (nSPS) is 14.8. The van der Waals surface area contributed by atoms with Gasteiger partial charge in [0.2, 0.25) is 0 Å². The molecule has 2 aliphatic carbocycles. The summed E-state index contributed by atoms with van der Waals surface area (Å²) in [5.41, 5.74) is 16.0. The fraction of sp³-hybridized carbons (Fsp3) is 0.143. The molecule has 0 amide bonds. The minimum Gasteiger partial charge on any atom is -0.310 e. The zero-order valence-electron chi connectivity index (χ0n) is 27.2. The first-order valence-corrected chi connectivity index (χ1v) is 21.1. The summed E-state index contributed by atoms with van der Waals surface area (Å²) >= 11 is 10.2. The van der Waals surface area contributed by atoms with Gasteiger partial charge in [0.15, 0.2) is 6.58 Å². The van der Waals surface area contributed by atoms with Crippen LogP contribution in [-0.2, 0) is 45.0 Å². The Kier molecular flexibility index (Phi) is 7.46. The Morgan fingerprint density at radius 3 is 1.35 bits per heavy atom. The Morgan fingerprint density at radius 2 is 0.896 bits per heavy atom. The van der Waals surface area contributed by atoms with Gasteiger partial charge in [0.25, 0.3) is 0 Å². The highest BCUT2D eigenvalue weighted by Gasteiger charge is 2.37. The van der Waals surface area contributed by atoms with E-state index in [2.05, 4.69) is 142 Å². The Balaban J connectivity index is 1.26. The number of hydrogen-bond acceptors (Lipinski definition) is 4. The largest absolute Gasteiger partial charge is 0.310 e. The fourth-order valence-electron chi connectivity index (χ4n) is 7.77. The Morgan fingerprint density at radius 1 is 0.500 bits per heavy atom. The minimum absolute atomic E-state index is 0.105. The van der Waals surface area contributed by atoms with Gasteiger partial charge in [-0.15, -0.1) is 0 Å². The van der Waals surface area contributed by atoms with Gasteiger partial charge in [0.1, 0.15) is 0 Å². The van der Waals surface area contributed by atoms with Crippen molar-refractivity contribution >= 4 is 58.5 Å². The van der Waals surface area contributed by atoms with Crippen molar-refractivity contribution in [3.63, 3.8) is 0 Å². The molecule has 1 atom stereocenters. The molecule has 2 aliphatic rings. The van der Waals surface area contributed by atoms with Crippen molar-refractivity contribution in [2.75, 3.05) is 4.90 Å². The molecule has 8 rings (SSSR count). The van der Waals surface area contributed by atoms with Gasteiger partial charge in [-0.2, -0.15) is 0 Å². The monoisotopic (exact) mass is 695 g/mol. The van der Waals surface area contributed by atoms with Crippen LogP contribution in [-0.4, -0.2) is 0 Å². The van der Waals surface area contributed by atoms with Gasteiger partial charge in [-0.1, -0.05) is 113 Å². The minimum atomic E-state index is -1.73. The topological polar surface area (TPSA) is 20.3 Å². The average molecular weight is 696 g/mol. The van der Waals surface area contributed by atoms with Crippen LogP contribution in [0.5, 0.6) is 0 Å². The van der Waals surface area contributed by atoms with Gasteiger partial charge in [0.05, 0.1) is 0 Å².